The van der Waals surface area contributed by atoms with Gasteiger partial charge in [0.25, 0.3) is 5.56 Å². The molecule has 0 bridgehead atoms. The van der Waals surface area contributed by atoms with Crippen LogP contribution in [0.4, 0.5) is 0 Å². The summed E-state index contributed by atoms with van der Waals surface area (Å²) in [6.45, 7) is 3.25. The Balaban J connectivity index is 1.16. The molecule has 0 N–H and O–H groups in total. The number of aromatic nitrogens is 7. The van der Waals surface area contributed by atoms with Gasteiger partial charge >= 0.3 is 0 Å². The summed E-state index contributed by atoms with van der Waals surface area (Å²) in [6, 6.07) is 3.20. The summed E-state index contributed by atoms with van der Waals surface area (Å²) in [7, 11) is 0. The van der Waals surface area contributed by atoms with Crippen molar-refractivity contribution in [2.24, 2.45) is 5.92 Å². The van der Waals surface area contributed by atoms with Crippen molar-refractivity contribution >= 4 is 0 Å². The molecule has 1 aliphatic carbocycles. The molecule has 10 heteroatoms. The molecule has 1 saturated heterocycles. The SMILES string of the molecule is O=c1ccc(-n2cncn2)nn1CC1CCN(Cc2noc(C3CCC3)n2)CC1. The zero-order valence-electron chi connectivity index (χ0n) is 16.2. The second-order valence-electron chi connectivity index (χ2n) is 7.95. The molecule has 29 heavy (non-hydrogen) atoms. The molecule has 1 aliphatic heterocycles. The van der Waals surface area contributed by atoms with E-state index >= 15 is 0 Å². The van der Waals surface area contributed by atoms with Gasteiger partial charge in [-0.2, -0.15) is 10.1 Å². The van der Waals surface area contributed by atoms with Gasteiger partial charge in [0.05, 0.1) is 6.54 Å². The first-order valence-electron chi connectivity index (χ1n) is 10.2. The molecule has 10 nitrogen and oxygen atoms in total. The maximum absolute atomic E-state index is 12.2. The predicted octanol–water partition coefficient (Wildman–Crippen LogP) is 1.39. The van der Waals surface area contributed by atoms with Crippen LogP contribution >= 0.6 is 0 Å². The number of piperidine rings is 1. The standard InChI is InChI=1S/C19H24N8O2/c28-18-5-4-17(27-13-20-12-21-27)23-26(18)10-14-6-8-25(9-7-14)11-16-22-19(29-24-16)15-2-1-3-15/h4-5,12-15H,1-3,6-11H2. The molecule has 1 saturated carbocycles. The number of rotatable bonds is 6. The van der Waals surface area contributed by atoms with Gasteiger partial charge in [0, 0.05) is 18.5 Å². The van der Waals surface area contributed by atoms with E-state index in [1.165, 1.54) is 31.7 Å². The Morgan fingerprint density at radius 1 is 1.14 bits per heavy atom. The monoisotopic (exact) mass is 396 g/mol. The lowest BCUT2D eigenvalue weighted by Gasteiger charge is -2.31. The van der Waals surface area contributed by atoms with E-state index in [4.69, 9.17) is 4.52 Å². The smallest absolute Gasteiger partial charge is 0.266 e. The third-order valence-corrected chi connectivity index (χ3v) is 5.95. The minimum atomic E-state index is -0.0911. The maximum atomic E-state index is 12.2. The molecule has 0 unspecified atom stereocenters. The van der Waals surface area contributed by atoms with Crippen molar-refractivity contribution in [3.8, 4) is 5.82 Å². The fourth-order valence-corrected chi connectivity index (χ4v) is 3.94. The van der Waals surface area contributed by atoms with Gasteiger partial charge in [-0.15, -0.1) is 5.10 Å². The van der Waals surface area contributed by atoms with E-state index in [1.807, 2.05) is 0 Å². The van der Waals surface area contributed by atoms with Crippen LogP contribution in [0.15, 0.2) is 34.1 Å². The Morgan fingerprint density at radius 2 is 2.00 bits per heavy atom. The Bertz CT molecular complexity index is 999. The Labute approximate surface area is 167 Å². The molecule has 3 aromatic rings. The van der Waals surface area contributed by atoms with Crippen LogP contribution in [0.25, 0.3) is 5.82 Å². The molecule has 3 aromatic heterocycles. The van der Waals surface area contributed by atoms with Gasteiger partial charge in [-0.1, -0.05) is 11.6 Å². The molecule has 0 spiro atoms. The Hall–Kier alpha value is -2.88. The van der Waals surface area contributed by atoms with Crippen molar-refractivity contribution in [3.05, 3.63) is 46.9 Å². The first-order chi connectivity index (χ1) is 14.2. The van der Waals surface area contributed by atoms with E-state index in [9.17, 15) is 4.79 Å². The van der Waals surface area contributed by atoms with Crippen molar-refractivity contribution < 1.29 is 4.52 Å². The molecule has 0 atom stereocenters. The third kappa shape index (κ3) is 3.98. The van der Waals surface area contributed by atoms with Crippen LogP contribution in [0, 0.1) is 5.92 Å². The fourth-order valence-electron chi connectivity index (χ4n) is 3.94. The lowest BCUT2D eigenvalue weighted by molar-refractivity contribution is 0.159. The van der Waals surface area contributed by atoms with Gasteiger partial charge in [0.1, 0.15) is 12.7 Å². The van der Waals surface area contributed by atoms with Crippen LogP contribution in [-0.2, 0) is 13.1 Å². The van der Waals surface area contributed by atoms with E-state index in [-0.39, 0.29) is 5.56 Å². The molecule has 0 aromatic carbocycles. The molecular formula is C19H24N8O2. The molecule has 152 valence electrons. The highest BCUT2D eigenvalue weighted by atomic mass is 16.5. The average molecular weight is 396 g/mol. The summed E-state index contributed by atoms with van der Waals surface area (Å²) in [5, 5.41) is 12.7. The number of hydrogen-bond donors (Lipinski definition) is 0. The Morgan fingerprint density at radius 3 is 2.72 bits per heavy atom. The number of likely N-dealkylation sites (tertiary alicyclic amines) is 1. The number of hydrogen-bond acceptors (Lipinski definition) is 8. The van der Waals surface area contributed by atoms with Crippen molar-refractivity contribution in [3.63, 3.8) is 0 Å². The maximum Gasteiger partial charge on any atom is 0.266 e. The minimum absolute atomic E-state index is 0.0911. The summed E-state index contributed by atoms with van der Waals surface area (Å²) in [4.78, 5) is 23.1. The van der Waals surface area contributed by atoms with Crippen LogP contribution in [0.1, 0.15) is 49.7 Å². The largest absolute Gasteiger partial charge is 0.339 e. The molecule has 2 aliphatic rings. The van der Waals surface area contributed by atoms with Crippen LogP contribution in [0.5, 0.6) is 0 Å². The highest BCUT2D eigenvalue weighted by molar-refractivity contribution is 5.16. The first-order valence-corrected chi connectivity index (χ1v) is 10.2. The Kier molecular flexibility index (Phi) is 4.92. The summed E-state index contributed by atoms with van der Waals surface area (Å²) in [6.07, 6.45) is 8.63. The zero-order valence-corrected chi connectivity index (χ0v) is 16.2. The summed E-state index contributed by atoms with van der Waals surface area (Å²) in [5.41, 5.74) is -0.0911. The lowest BCUT2D eigenvalue weighted by atomic mass is 9.85. The van der Waals surface area contributed by atoms with Crippen molar-refractivity contribution in [2.75, 3.05) is 13.1 Å². The van der Waals surface area contributed by atoms with Gasteiger partial charge in [-0.25, -0.2) is 14.3 Å². The van der Waals surface area contributed by atoms with E-state index in [0.717, 1.165) is 44.2 Å². The van der Waals surface area contributed by atoms with Crippen LogP contribution in [0.3, 0.4) is 0 Å². The fraction of sp³-hybridized carbons (Fsp3) is 0.579. The quantitative estimate of drug-likeness (QED) is 0.615. The highest BCUT2D eigenvalue weighted by Gasteiger charge is 2.26. The average Bonchev–Trinajstić information content (AvgIpc) is 3.36. The summed E-state index contributed by atoms with van der Waals surface area (Å²) >= 11 is 0. The second kappa shape index (κ2) is 7.86. The molecule has 5 rings (SSSR count). The van der Waals surface area contributed by atoms with Gasteiger partial charge in [-0.05, 0) is 50.8 Å². The zero-order chi connectivity index (χ0) is 19.6. The highest BCUT2D eigenvalue weighted by Crippen LogP contribution is 2.35. The first kappa shape index (κ1) is 18.2. The van der Waals surface area contributed by atoms with Gasteiger partial charge in [0.2, 0.25) is 5.89 Å². The summed E-state index contributed by atoms with van der Waals surface area (Å²) < 4.78 is 8.52. The normalized spacial score (nSPS) is 18.8. The van der Waals surface area contributed by atoms with E-state index in [0.29, 0.717) is 24.2 Å². The molecule has 0 amide bonds. The van der Waals surface area contributed by atoms with Gasteiger partial charge in [-0.3, -0.25) is 9.69 Å². The molecule has 4 heterocycles. The van der Waals surface area contributed by atoms with Gasteiger partial charge < -0.3 is 4.52 Å². The van der Waals surface area contributed by atoms with Crippen molar-refractivity contribution in [1.82, 2.24) is 39.6 Å². The van der Waals surface area contributed by atoms with Crippen molar-refractivity contribution in [1.29, 1.82) is 0 Å². The molecule has 2 fully saturated rings. The topological polar surface area (TPSA) is 108 Å². The third-order valence-electron chi connectivity index (χ3n) is 5.95. The second-order valence-corrected chi connectivity index (χ2v) is 7.95. The molecular weight excluding hydrogens is 372 g/mol. The van der Waals surface area contributed by atoms with Gasteiger partial charge in [0.15, 0.2) is 11.6 Å². The van der Waals surface area contributed by atoms with Crippen LogP contribution in [0.2, 0.25) is 0 Å². The van der Waals surface area contributed by atoms with E-state index in [1.54, 1.807) is 21.8 Å². The lowest BCUT2D eigenvalue weighted by Crippen LogP contribution is -2.36. The van der Waals surface area contributed by atoms with E-state index in [2.05, 4.69) is 30.2 Å². The molecule has 0 radical (unpaired) electrons. The van der Waals surface area contributed by atoms with Crippen molar-refractivity contribution in [2.45, 2.75) is 51.1 Å². The number of nitrogens with zero attached hydrogens (tertiary/aromatic N) is 8. The van der Waals surface area contributed by atoms with E-state index < -0.39 is 0 Å². The minimum Gasteiger partial charge on any atom is -0.339 e. The van der Waals surface area contributed by atoms with Crippen LogP contribution < -0.4 is 5.56 Å². The predicted molar refractivity (Wildman–Crippen MR) is 102 cm³/mol. The van der Waals surface area contributed by atoms with Crippen LogP contribution in [-0.4, -0.2) is 52.7 Å². The summed E-state index contributed by atoms with van der Waals surface area (Å²) in [5.74, 6) is 3.07.